The van der Waals surface area contributed by atoms with E-state index in [-0.39, 0.29) is 11.8 Å². The van der Waals surface area contributed by atoms with Crippen molar-refractivity contribution in [3.63, 3.8) is 0 Å². The van der Waals surface area contributed by atoms with Crippen LogP contribution in [0, 0.1) is 11.3 Å². The zero-order chi connectivity index (χ0) is 15.0. The molecule has 2 heterocycles. The van der Waals surface area contributed by atoms with Crippen molar-refractivity contribution in [1.29, 1.82) is 5.26 Å². The van der Waals surface area contributed by atoms with Gasteiger partial charge in [0.1, 0.15) is 11.6 Å². The highest BCUT2D eigenvalue weighted by Crippen LogP contribution is 2.42. The number of halogens is 1. The van der Waals surface area contributed by atoms with Gasteiger partial charge in [-0.15, -0.1) is 5.10 Å². The summed E-state index contributed by atoms with van der Waals surface area (Å²) in [5.74, 6) is 0.323. The van der Waals surface area contributed by atoms with Gasteiger partial charge in [0.05, 0.1) is 5.92 Å². The predicted molar refractivity (Wildman–Crippen MR) is 81.4 cm³/mol. The topological polar surface area (TPSA) is 87.7 Å². The first-order valence-corrected chi connectivity index (χ1v) is 7.35. The summed E-state index contributed by atoms with van der Waals surface area (Å²) in [6.45, 7) is 2.03. The number of nitriles is 1. The Balaban J connectivity index is 2.22. The van der Waals surface area contributed by atoms with Crippen LogP contribution in [0.3, 0.4) is 0 Å². The van der Waals surface area contributed by atoms with E-state index < -0.39 is 0 Å². The molecule has 1 aromatic heterocycles. The maximum Gasteiger partial charge on any atom is 0.244 e. The van der Waals surface area contributed by atoms with Gasteiger partial charge in [0.15, 0.2) is 0 Å². The van der Waals surface area contributed by atoms with E-state index in [0.717, 1.165) is 27.7 Å². The Kier molecular flexibility index (Phi) is 3.43. The molecule has 5 nitrogen and oxygen atoms in total. The second-order valence-electron chi connectivity index (χ2n) is 4.75. The molecule has 1 aliphatic rings. The minimum atomic E-state index is -0.249. The van der Waals surface area contributed by atoms with Crippen LogP contribution >= 0.6 is 15.9 Å². The predicted octanol–water partition coefficient (Wildman–Crippen LogP) is 2.95. The molecule has 21 heavy (non-hydrogen) atoms. The van der Waals surface area contributed by atoms with Crippen molar-refractivity contribution in [2.75, 3.05) is 0 Å². The summed E-state index contributed by atoms with van der Waals surface area (Å²) in [5.41, 5.74) is 9.14. The van der Waals surface area contributed by atoms with Gasteiger partial charge in [-0.2, -0.15) is 5.26 Å². The van der Waals surface area contributed by atoms with Gasteiger partial charge < -0.3 is 10.5 Å². The number of hydrogen-bond donors (Lipinski definition) is 2. The average Bonchev–Trinajstić information content (AvgIpc) is 2.89. The third-order valence-electron chi connectivity index (χ3n) is 3.57. The molecule has 0 bridgehead atoms. The minimum Gasteiger partial charge on any atom is -0.420 e. The SMILES string of the molecule is CCc1[nH]nc2c1[C@H](c1ccc(Br)cc1)C(C#N)=C(N)O2. The van der Waals surface area contributed by atoms with Crippen LogP contribution in [0.5, 0.6) is 5.88 Å². The number of nitrogens with one attached hydrogen (secondary N) is 1. The molecule has 0 aliphatic carbocycles. The van der Waals surface area contributed by atoms with Crippen molar-refractivity contribution in [3.8, 4) is 11.9 Å². The zero-order valence-corrected chi connectivity index (χ0v) is 12.9. The maximum atomic E-state index is 9.47. The number of ether oxygens (including phenoxy) is 1. The molecule has 106 valence electrons. The summed E-state index contributed by atoms with van der Waals surface area (Å²) in [7, 11) is 0. The molecule has 0 amide bonds. The number of aromatic nitrogens is 2. The summed E-state index contributed by atoms with van der Waals surface area (Å²) in [4.78, 5) is 0. The first-order chi connectivity index (χ1) is 10.2. The van der Waals surface area contributed by atoms with Crippen molar-refractivity contribution in [2.45, 2.75) is 19.3 Å². The minimum absolute atomic E-state index is 0.118. The van der Waals surface area contributed by atoms with Crippen LogP contribution in [-0.2, 0) is 6.42 Å². The van der Waals surface area contributed by atoms with Gasteiger partial charge in [0.25, 0.3) is 0 Å². The van der Waals surface area contributed by atoms with E-state index in [4.69, 9.17) is 10.5 Å². The number of aryl methyl sites for hydroxylation is 1. The van der Waals surface area contributed by atoms with Gasteiger partial charge in [0, 0.05) is 15.7 Å². The van der Waals surface area contributed by atoms with Gasteiger partial charge in [0.2, 0.25) is 11.8 Å². The molecule has 0 saturated carbocycles. The number of benzene rings is 1. The van der Waals surface area contributed by atoms with E-state index in [1.807, 2.05) is 31.2 Å². The Morgan fingerprint density at radius 1 is 1.43 bits per heavy atom. The number of aromatic amines is 1. The third kappa shape index (κ3) is 2.20. The van der Waals surface area contributed by atoms with E-state index in [1.165, 1.54) is 0 Å². The van der Waals surface area contributed by atoms with Crippen molar-refractivity contribution in [2.24, 2.45) is 5.73 Å². The maximum absolute atomic E-state index is 9.47. The van der Waals surface area contributed by atoms with Gasteiger partial charge in [-0.3, -0.25) is 5.10 Å². The highest BCUT2D eigenvalue weighted by Gasteiger charge is 2.34. The van der Waals surface area contributed by atoms with Gasteiger partial charge in [-0.1, -0.05) is 35.0 Å². The van der Waals surface area contributed by atoms with Crippen molar-refractivity contribution in [3.05, 3.63) is 57.0 Å². The fourth-order valence-electron chi connectivity index (χ4n) is 2.57. The fourth-order valence-corrected chi connectivity index (χ4v) is 2.83. The average molecular weight is 345 g/mol. The molecule has 0 fully saturated rings. The lowest BCUT2D eigenvalue weighted by molar-refractivity contribution is 0.378. The highest BCUT2D eigenvalue weighted by atomic mass is 79.9. The first-order valence-electron chi connectivity index (χ1n) is 6.55. The molecule has 0 radical (unpaired) electrons. The van der Waals surface area contributed by atoms with E-state index in [0.29, 0.717) is 11.5 Å². The van der Waals surface area contributed by atoms with Crippen LogP contribution in [0.4, 0.5) is 0 Å². The number of hydrogen-bond acceptors (Lipinski definition) is 4. The highest BCUT2D eigenvalue weighted by molar-refractivity contribution is 9.10. The normalized spacial score (nSPS) is 17.1. The molecule has 0 saturated heterocycles. The molecular weight excluding hydrogens is 332 g/mol. The Labute approximate surface area is 130 Å². The summed E-state index contributed by atoms with van der Waals surface area (Å²) in [6.07, 6.45) is 0.775. The quantitative estimate of drug-likeness (QED) is 0.876. The Morgan fingerprint density at radius 2 is 2.14 bits per heavy atom. The molecule has 1 aliphatic heterocycles. The molecule has 0 spiro atoms. The summed E-state index contributed by atoms with van der Waals surface area (Å²) >= 11 is 3.42. The molecule has 2 aromatic rings. The van der Waals surface area contributed by atoms with Crippen molar-refractivity contribution >= 4 is 15.9 Å². The molecule has 1 atom stereocenters. The van der Waals surface area contributed by atoms with Crippen LogP contribution in [0.15, 0.2) is 40.2 Å². The molecular formula is C15H13BrN4O. The number of nitrogens with zero attached hydrogens (tertiary/aromatic N) is 2. The number of H-pyrrole nitrogens is 1. The van der Waals surface area contributed by atoms with Gasteiger partial charge in [-0.05, 0) is 24.1 Å². The largest absolute Gasteiger partial charge is 0.420 e. The molecule has 0 unspecified atom stereocenters. The number of allylic oxidation sites excluding steroid dienone is 1. The number of fused-ring (bicyclic) bond motifs is 1. The fraction of sp³-hybridized carbons (Fsp3) is 0.200. The first kappa shape index (κ1) is 13.7. The molecule has 3 rings (SSSR count). The monoisotopic (exact) mass is 344 g/mol. The Hall–Kier alpha value is -2.26. The molecule has 1 aromatic carbocycles. The Morgan fingerprint density at radius 3 is 2.76 bits per heavy atom. The van der Waals surface area contributed by atoms with Gasteiger partial charge >= 0.3 is 0 Å². The lowest BCUT2D eigenvalue weighted by atomic mass is 9.84. The second kappa shape index (κ2) is 5.26. The number of nitrogens with two attached hydrogens (primary N) is 1. The van der Waals surface area contributed by atoms with E-state index in [2.05, 4.69) is 32.2 Å². The van der Waals surface area contributed by atoms with Crippen LogP contribution in [-0.4, -0.2) is 10.2 Å². The van der Waals surface area contributed by atoms with E-state index in [1.54, 1.807) is 0 Å². The van der Waals surface area contributed by atoms with Crippen LogP contribution in [0.1, 0.15) is 29.7 Å². The third-order valence-corrected chi connectivity index (χ3v) is 4.10. The summed E-state index contributed by atoms with van der Waals surface area (Å²) < 4.78 is 6.46. The van der Waals surface area contributed by atoms with E-state index >= 15 is 0 Å². The zero-order valence-electron chi connectivity index (χ0n) is 11.4. The molecule has 3 N–H and O–H groups in total. The molecule has 6 heteroatoms. The van der Waals surface area contributed by atoms with E-state index in [9.17, 15) is 5.26 Å². The lowest BCUT2D eigenvalue weighted by Crippen LogP contribution is -2.21. The second-order valence-corrected chi connectivity index (χ2v) is 5.67. The van der Waals surface area contributed by atoms with Crippen LogP contribution in [0.25, 0.3) is 0 Å². The van der Waals surface area contributed by atoms with Gasteiger partial charge in [-0.25, -0.2) is 0 Å². The summed E-state index contributed by atoms with van der Waals surface area (Å²) in [6, 6.07) is 10.0. The van der Waals surface area contributed by atoms with Crippen molar-refractivity contribution < 1.29 is 4.74 Å². The Bertz CT molecular complexity index is 755. The smallest absolute Gasteiger partial charge is 0.244 e. The standard InChI is InChI=1S/C15H13BrN4O/c1-2-11-13-12(8-3-5-9(16)6-4-8)10(7-17)14(18)21-15(13)20-19-11/h3-6,12H,2,18H2,1H3,(H,19,20)/t12-/m1/s1. The summed E-state index contributed by atoms with van der Waals surface area (Å²) in [5, 5.41) is 16.6. The van der Waals surface area contributed by atoms with Crippen LogP contribution < -0.4 is 10.5 Å². The number of rotatable bonds is 2. The lowest BCUT2D eigenvalue weighted by Gasteiger charge is -2.23. The van der Waals surface area contributed by atoms with Crippen LogP contribution in [0.2, 0.25) is 0 Å². The van der Waals surface area contributed by atoms with Crippen molar-refractivity contribution in [1.82, 2.24) is 10.2 Å².